The number of nitrogens with zero attached hydrogens (tertiary/aromatic N) is 2. The van der Waals surface area contributed by atoms with Gasteiger partial charge in [-0.1, -0.05) is 20.8 Å². The Kier molecular flexibility index (Phi) is 3.91. The van der Waals surface area contributed by atoms with Crippen molar-refractivity contribution in [3.8, 4) is 0 Å². The molecule has 0 saturated carbocycles. The predicted octanol–water partition coefficient (Wildman–Crippen LogP) is 2.09. The molecule has 3 heteroatoms. The summed E-state index contributed by atoms with van der Waals surface area (Å²) >= 11 is 0. The molecule has 0 aromatic carbocycles. The van der Waals surface area contributed by atoms with Crippen LogP contribution in [0.2, 0.25) is 0 Å². The van der Waals surface area contributed by atoms with Crippen LogP contribution >= 0.6 is 0 Å². The Morgan fingerprint density at radius 3 is 2.53 bits per heavy atom. The average Bonchev–Trinajstić information content (AvgIpc) is 2.57. The molecule has 0 unspecified atom stereocenters. The molecule has 1 heterocycles. The molecule has 0 aliphatic rings. The first-order valence-electron chi connectivity index (χ1n) is 5.76. The summed E-state index contributed by atoms with van der Waals surface area (Å²) in [5, 5.41) is 4.63. The lowest BCUT2D eigenvalue weighted by atomic mass is 9.88. The molecule has 3 nitrogen and oxygen atoms in total. The van der Waals surface area contributed by atoms with E-state index in [4.69, 9.17) is 5.73 Å². The SMILES string of the molecule is CCn1cc(CCCN)c(C(C)(C)C)n1. The van der Waals surface area contributed by atoms with Crippen molar-refractivity contribution < 1.29 is 0 Å². The molecule has 0 aliphatic heterocycles. The van der Waals surface area contributed by atoms with E-state index in [1.165, 1.54) is 11.3 Å². The summed E-state index contributed by atoms with van der Waals surface area (Å²) in [5.41, 5.74) is 8.25. The molecule has 0 aliphatic carbocycles. The van der Waals surface area contributed by atoms with Gasteiger partial charge in [-0.2, -0.15) is 5.10 Å². The zero-order chi connectivity index (χ0) is 11.5. The summed E-state index contributed by atoms with van der Waals surface area (Å²) in [6.45, 7) is 10.4. The van der Waals surface area contributed by atoms with Crippen LogP contribution < -0.4 is 5.73 Å². The molecular formula is C12H23N3. The second-order valence-corrected chi connectivity index (χ2v) is 5.00. The van der Waals surface area contributed by atoms with Crippen LogP contribution in [-0.4, -0.2) is 16.3 Å². The number of aromatic nitrogens is 2. The van der Waals surface area contributed by atoms with Crippen molar-refractivity contribution in [2.75, 3.05) is 6.54 Å². The highest BCUT2D eigenvalue weighted by Crippen LogP contribution is 2.25. The van der Waals surface area contributed by atoms with E-state index in [0.717, 1.165) is 25.9 Å². The molecule has 1 aromatic rings. The third kappa shape index (κ3) is 3.06. The smallest absolute Gasteiger partial charge is 0.0709 e. The van der Waals surface area contributed by atoms with Gasteiger partial charge in [0.05, 0.1) is 5.69 Å². The first-order valence-corrected chi connectivity index (χ1v) is 5.76. The van der Waals surface area contributed by atoms with E-state index in [0.29, 0.717) is 0 Å². The van der Waals surface area contributed by atoms with Gasteiger partial charge >= 0.3 is 0 Å². The summed E-state index contributed by atoms with van der Waals surface area (Å²) in [6, 6.07) is 0. The highest BCUT2D eigenvalue weighted by Gasteiger charge is 2.21. The predicted molar refractivity (Wildman–Crippen MR) is 64.0 cm³/mol. The van der Waals surface area contributed by atoms with Crippen molar-refractivity contribution in [1.82, 2.24) is 9.78 Å². The van der Waals surface area contributed by atoms with Crippen LogP contribution in [0.1, 0.15) is 45.4 Å². The highest BCUT2D eigenvalue weighted by molar-refractivity contribution is 5.24. The maximum atomic E-state index is 5.55. The Balaban J connectivity index is 2.95. The molecule has 1 rings (SSSR count). The van der Waals surface area contributed by atoms with Crippen molar-refractivity contribution in [3.05, 3.63) is 17.5 Å². The average molecular weight is 209 g/mol. The van der Waals surface area contributed by atoms with Gasteiger partial charge in [0.1, 0.15) is 0 Å². The molecule has 15 heavy (non-hydrogen) atoms. The minimum absolute atomic E-state index is 0.129. The van der Waals surface area contributed by atoms with Crippen LogP contribution in [0.25, 0.3) is 0 Å². The number of hydrogen-bond donors (Lipinski definition) is 1. The van der Waals surface area contributed by atoms with E-state index in [9.17, 15) is 0 Å². The minimum Gasteiger partial charge on any atom is -0.330 e. The lowest BCUT2D eigenvalue weighted by molar-refractivity contribution is 0.536. The summed E-state index contributed by atoms with van der Waals surface area (Å²) in [6.07, 6.45) is 4.25. The summed E-state index contributed by atoms with van der Waals surface area (Å²) in [4.78, 5) is 0. The zero-order valence-corrected chi connectivity index (χ0v) is 10.4. The molecular weight excluding hydrogens is 186 g/mol. The monoisotopic (exact) mass is 209 g/mol. The van der Waals surface area contributed by atoms with Gasteiger partial charge in [-0.3, -0.25) is 4.68 Å². The Labute approximate surface area is 92.7 Å². The topological polar surface area (TPSA) is 43.8 Å². The molecule has 0 atom stereocenters. The number of aryl methyl sites for hydroxylation is 2. The Morgan fingerprint density at radius 2 is 2.07 bits per heavy atom. The molecule has 0 fully saturated rings. The largest absolute Gasteiger partial charge is 0.330 e. The quantitative estimate of drug-likeness (QED) is 0.825. The van der Waals surface area contributed by atoms with Crippen LogP contribution in [-0.2, 0) is 18.4 Å². The maximum absolute atomic E-state index is 5.55. The molecule has 0 radical (unpaired) electrons. The summed E-state index contributed by atoms with van der Waals surface area (Å²) in [5.74, 6) is 0. The maximum Gasteiger partial charge on any atom is 0.0709 e. The molecule has 1 aromatic heterocycles. The van der Waals surface area contributed by atoms with E-state index < -0.39 is 0 Å². The first-order chi connectivity index (χ1) is 6.99. The fourth-order valence-electron chi connectivity index (χ4n) is 1.73. The van der Waals surface area contributed by atoms with E-state index in [2.05, 4.69) is 39.0 Å². The summed E-state index contributed by atoms with van der Waals surface area (Å²) < 4.78 is 2.02. The third-order valence-corrected chi connectivity index (χ3v) is 2.52. The molecule has 0 saturated heterocycles. The van der Waals surface area contributed by atoms with Gasteiger partial charge in [-0.15, -0.1) is 0 Å². The molecule has 0 bridgehead atoms. The molecule has 0 spiro atoms. The van der Waals surface area contributed by atoms with Crippen LogP contribution in [0, 0.1) is 0 Å². The molecule has 0 amide bonds. The van der Waals surface area contributed by atoms with Gasteiger partial charge in [-0.25, -0.2) is 0 Å². The lowest BCUT2D eigenvalue weighted by Gasteiger charge is -2.17. The molecule has 2 N–H and O–H groups in total. The van der Waals surface area contributed by atoms with Gasteiger partial charge in [-0.05, 0) is 31.9 Å². The van der Waals surface area contributed by atoms with E-state index in [-0.39, 0.29) is 5.41 Å². The van der Waals surface area contributed by atoms with Crippen molar-refractivity contribution >= 4 is 0 Å². The van der Waals surface area contributed by atoms with Crippen molar-refractivity contribution in [2.24, 2.45) is 5.73 Å². The fourth-order valence-corrected chi connectivity index (χ4v) is 1.73. The minimum atomic E-state index is 0.129. The number of hydrogen-bond acceptors (Lipinski definition) is 2. The van der Waals surface area contributed by atoms with Crippen molar-refractivity contribution in [1.29, 1.82) is 0 Å². The van der Waals surface area contributed by atoms with Gasteiger partial charge in [0.15, 0.2) is 0 Å². The summed E-state index contributed by atoms with van der Waals surface area (Å²) in [7, 11) is 0. The van der Waals surface area contributed by atoms with Gasteiger partial charge < -0.3 is 5.73 Å². The van der Waals surface area contributed by atoms with Crippen molar-refractivity contribution in [2.45, 2.75) is 52.5 Å². The van der Waals surface area contributed by atoms with Gasteiger partial charge in [0, 0.05) is 18.2 Å². The van der Waals surface area contributed by atoms with E-state index >= 15 is 0 Å². The Hall–Kier alpha value is -0.830. The van der Waals surface area contributed by atoms with Crippen molar-refractivity contribution in [3.63, 3.8) is 0 Å². The third-order valence-electron chi connectivity index (χ3n) is 2.52. The number of rotatable bonds is 4. The molecule has 86 valence electrons. The van der Waals surface area contributed by atoms with Crippen LogP contribution in [0.5, 0.6) is 0 Å². The first kappa shape index (κ1) is 12.2. The Bertz CT molecular complexity index is 307. The second-order valence-electron chi connectivity index (χ2n) is 5.00. The Morgan fingerprint density at radius 1 is 1.40 bits per heavy atom. The van der Waals surface area contributed by atoms with E-state index in [1.807, 2.05) is 4.68 Å². The van der Waals surface area contributed by atoms with Gasteiger partial charge in [0.2, 0.25) is 0 Å². The second kappa shape index (κ2) is 4.79. The zero-order valence-electron chi connectivity index (χ0n) is 10.4. The van der Waals surface area contributed by atoms with Crippen LogP contribution in [0.4, 0.5) is 0 Å². The van der Waals surface area contributed by atoms with E-state index in [1.54, 1.807) is 0 Å². The fraction of sp³-hybridized carbons (Fsp3) is 0.750. The van der Waals surface area contributed by atoms with Crippen LogP contribution in [0.3, 0.4) is 0 Å². The number of nitrogens with two attached hydrogens (primary N) is 1. The normalized spacial score (nSPS) is 12.1. The standard InChI is InChI=1S/C12H23N3/c1-5-15-9-10(7-6-8-13)11(14-15)12(2,3)4/h9H,5-8,13H2,1-4H3. The lowest BCUT2D eigenvalue weighted by Crippen LogP contribution is -2.15. The van der Waals surface area contributed by atoms with Crippen LogP contribution in [0.15, 0.2) is 6.20 Å². The van der Waals surface area contributed by atoms with Gasteiger partial charge in [0.25, 0.3) is 0 Å². The highest BCUT2D eigenvalue weighted by atomic mass is 15.3.